The zero-order chi connectivity index (χ0) is 18.4. The van der Waals surface area contributed by atoms with E-state index in [1.165, 1.54) is 0 Å². The zero-order valence-corrected chi connectivity index (χ0v) is 14.5. The average molecular weight is 352 g/mol. The second-order valence-electron chi connectivity index (χ2n) is 5.89. The van der Waals surface area contributed by atoms with Crippen molar-refractivity contribution < 1.29 is 14.3 Å². The van der Waals surface area contributed by atoms with Gasteiger partial charge >= 0.3 is 5.97 Å². The number of para-hydroxylation sites is 1. The number of aryl methyl sites for hydroxylation is 1. The minimum atomic E-state index is -0.274. The Morgan fingerprint density at radius 2 is 1.88 bits per heavy atom. The lowest BCUT2D eigenvalue weighted by molar-refractivity contribution is -0.145. The van der Waals surface area contributed by atoms with Crippen LogP contribution >= 0.6 is 0 Å². The first-order valence-corrected chi connectivity index (χ1v) is 8.42. The second-order valence-corrected chi connectivity index (χ2v) is 5.89. The number of esters is 1. The topological polar surface area (TPSA) is 81.3 Å². The summed E-state index contributed by atoms with van der Waals surface area (Å²) in [6.07, 6.45) is 1.34. The quantitative estimate of drug-likeness (QED) is 0.661. The van der Waals surface area contributed by atoms with E-state index >= 15 is 0 Å². The molecule has 0 radical (unpaired) electrons. The Morgan fingerprint density at radius 1 is 1.12 bits per heavy atom. The Labute approximate surface area is 150 Å². The lowest BCUT2D eigenvalue weighted by atomic mass is 10.2. The molecule has 0 aliphatic carbocycles. The largest absolute Gasteiger partial charge is 0.497 e. The maximum absolute atomic E-state index is 12.0. The summed E-state index contributed by atoms with van der Waals surface area (Å²) in [6.45, 7) is 0.230. The second kappa shape index (κ2) is 8.29. The van der Waals surface area contributed by atoms with Crippen molar-refractivity contribution in [3.8, 4) is 5.75 Å². The number of rotatable bonds is 7. The summed E-state index contributed by atoms with van der Waals surface area (Å²) in [5, 5.41) is 0.565. The van der Waals surface area contributed by atoms with Crippen molar-refractivity contribution in [2.75, 3.05) is 7.11 Å². The first-order valence-electron chi connectivity index (χ1n) is 8.42. The van der Waals surface area contributed by atoms with Crippen LogP contribution in [-0.4, -0.2) is 23.0 Å². The number of aromatic amines is 1. The van der Waals surface area contributed by atoms with E-state index < -0.39 is 0 Å². The Balaban J connectivity index is 1.48. The molecule has 3 aromatic rings. The number of nitrogens with one attached hydrogen (secondary N) is 1. The molecule has 1 heterocycles. The minimum Gasteiger partial charge on any atom is -0.497 e. The molecule has 6 nitrogen and oxygen atoms in total. The van der Waals surface area contributed by atoms with E-state index in [-0.39, 0.29) is 24.6 Å². The van der Waals surface area contributed by atoms with Crippen LogP contribution in [0.5, 0.6) is 5.75 Å². The molecule has 1 aromatic heterocycles. The van der Waals surface area contributed by atoms with Crippen LogP contribution in [0.1, 0.15) is 24.2 Å². The van der Waals surface area contributed by atoms with Crippen LogP contribution in [0.3, 0.4) is 0 Å². The van der Waals surface area contributed by atoms with E-state index in [2.05, 4.69) is 9.97 Å². The Bertz CT molecular complexity index is 948. The highest BCUT2D eigenvalue weighted by Crippen LogP contribution is 2.12. The fourth-order valence-corrected chi connectivity index (χ4v) is 2.61. The van der Waals surface area contributed by atoms with Crippen LogP contribution < -0.4 is 10.3 Å². The summed E-state index contributed by atoms with van der Waals surface area (Å²) < 4.78 is 10.3. The monoisotopic (exact) mass is 352 g/mol. The van der Waals surface area contributed by atoms with Crippen molar-refractivity contribution in [2.45, 2.75) is 25.9 Å². The Morgan fingerprint density at radius 3 is 2.65 bits per heavy atom. The summed E-state index contributed by atoms with van der Waals surface area (Å²) in [7, 11) is 1.60. The molecule has 0 bridgehead atoms. The highest BCUT2D eigenvalue weighted by molar-refractivity contribution is 5.77. The van der Waals surface area contributed by atoms with Gasteiger partial charge in [0, 0.05) is 12.8 Å². The maximum atomic E-state index is 12.0. The molecule has 0 saturated heterocycles. The normalized spacial score (nSPS) is 10.7. The SMILES string of the molecule is COc1ccc(COC(=O)CCCc2nc3ccccc3c(=O)[nH]2)cc1. The third-order valence-corrected chi connectivity index (χ3v) is 4.02. The predicted molar refractivity (Wildman–Crippen MR) is 98.1 cm³/mol. The molecule has 3 rings (SSSR count). The summed E-state index contributed by atoms with van der Waals surface area (Å²) in [5.74, 6) is 1.07. The van der Waals surface area contributed by atoms with Crippen molar-refractivity contribution in [1.82, 2.24) is 9.97 Å². The lowest BCUT2D eigenvalue weighted by Gasteiger charge is -2.06. The number of nitrogens with zero attached hydrogens (tertiary/aromatic N) is 1. The van der Waals surface area contributed by atoms with Gasteiger partial charge < -0.3 is 14.5 Å². The number of fused-ring (bicyclic) bond motifs is 1. The molecule has 0 spiro atoms. The van der Waals surface area contributed by atoms with Crippen LogP contribution in [0.25, 0.3) is 10.9 Å². The van der Waals surface area contributed by atoms with Crippen molar-refractivity contribution in [3.05, 3.63) is 70.3 Å². The van der Waals surface area contributed by atoms with Crippen LogP contribution in [0.15, 0.2) is 53.3 Å². The van der Waals surface area contributed by atoms with Gasteiger partial charge in [0.15, 0.2) is 0 Å². The number of H-pyrrole nitrogens is 1. The average Bonchev–Trinajstić information content (AvgIpc) is 2.67. The number of carbonyl (C=O) groups is 1. The molecule has 6 heteroatoms. The molecule has 0 amide bonds. The maximum Gasteiger partial charge on any atom is 0.306 e. The molecular formula is C20H20N2O4. The molecule has 0 fully saturated rings. The number of aromatic nitrogens is 2. The van der Waals surface area contributed by atoms with Crippen LogP contribution in [0.4, 0.5) is 0 Å². The molecule has 1 N–H and O–H groups in total. The summed E-state index contributed by atoms with van der Waals surface area (Å²) in [6, 6.07) is 14.5. The van der Waals surface area contributed by atoms with Gasteiger partial charge in [-0.15, -0.1) is 0 Å². The highest BCUT2D eigenvalue weighted by Gasteiger charge is 2.07. The number of hydrogen-bond acceptors (Lipinski definition) is 5. The highest BCUT2D eigenvalue weighted by atomic mass is 16.5. The summed E-state index contributed by atoms with van der Waals surface area (Å²) in [5.41, 5.74) is 1.40. The van der Waals surface area contributed by atoms with Gasteiger partial charge in [0.2, 0.25) is 0 Å². The van der Waals surface area contributed by atoms with Crippen molar-refractivity contribution >= 4 is 16.9 Å². The summed E-state index contributed by atoms with van der Waals surface area (Å²) in [4.78, 5) is 31.1. The van der Waals surface area contributed by atoms with Gasteiger partial charge in [-0.1, -0.05) is 24.3 Å². The van der Waals surface area contributed by atoms with E-state index in [1.807, 2.05) is 30.3 Å². The predicted octanol–water partition coefficient (Wildman–Crippen LogP) is 3.00. The van der Waals surface area contributed by atoms with Crippen LogP contribution in [0, 0.1) is 0 Å². The van der Waals surface area contributed by atoms with Crippen molar-refractivity contribution in [1.29, 1.82) is 0 Å². The molecule has 2 aromatic carbocycles. The number of ether oxygens (including phenoxy) is 2. The van der Waals surface area contributed by atoms with Crippen LogP contribution in [0.2, 0.25) is 0 Å². The molecular weight excluding hydrogens is 332 g/mol. The number of carbonyl (C=O) groups excluding carboxylic acids is 1. The summed E-state index contributed by atoms with van der Waals surface area (Å²) >= 11 is 0. The van der Waals surface area contributed by atoms with Gasteiger partial charge in [0.25, 0.3) is 5.56 Å². The van der Waals surface area contributed by atoms with Gasteiger partial charge in [0.05, 0.1) is 18.0 Å². The molecule has 0 aliphatic rings. The smallest absolute Gasteiger partial charge is 0.306 e. The minimum absolute atomic E-state index is 0.160. The Kier molecular flexibility index (Phi) is 5.63. The fourth-order valence-electron chi connectivity index (χ4n) is 2.61. The van der Waals surface area contributed by atoms with Crippen molar-refractivity contribution in [3.63, 3.8) is 0 Å². The molecule has 26 heavy (non-hydrogen) atoms. The van der Waals surface area contributed by atoms with Gasteiger partial charge in [-0.05, 0) is 36.2 Å². The Hall–Kier alpha value is -3.15. The van der Waals surface area contributed by atoms with Crippen LogP contribution in [-0.2, 0) is 22.6 Å². The van der Waals surface area contributed by atoms with E-state index in [4.69, 9.17) is 9.47 Å². The third-order valence-electron chi connectivity index (χ3n) is 4.02. The molecule has 134 valence electrons. The first-order chi connectivity index (χ1) is 12.7. The van der Waals surface area contributed by atoms with E-state index in [0.717, 1.165) is 11.3 Å². The van der Waals surface area contributed by atoms with Gasteiger partial charge in [-0.3, -0.25) is 9.59 Å². The van der Waals surface area contributed by atoms with Gasteiger partial charge in [0.1, 0.15) is 18.2 Å². The molecule has 0 aliphatic heterocycles. The number of hydrogen-bond donors (Lipinski definition) is 1. The fraction of sp³-hybridized carbons (Fsp3) is 0.250. The zero-order valence-electron chi connectivity index (χ0n) is 14.5. The van der Waals surface area contributed by atoms with E-state index in [1.54, 1.807) is 25.3 Å². The number of benzene rings is 2. The van der Waals surface area contributed by atoms with Gasteiger partial charge in [-0.25, -0.2) is 4.98 Å². The standard InChI is InChI=1S/C20H20N2O4/c1-25-15-11-9-14(10-12-15)13-26-19(23)8-4-7-18-21-17-6-3-2-5-16(17)20(24)22-18/h2-3,5-6,9-12H,4,7-8,13H2,1H3,(H,21,22,24). The molecule has 0 unspecified atom stereocenters. The lowest BCUT2D eigenvalue weighted by Crippen LogP contribution is -2.12. The first kappa shape index (κ1) is 17.7. The van der Waals surface area contributed by atoms with E-state index in [9.17, 15) is 9.59 Å². The molecule has 0 saturated carbocycles. The van der Waals surface area contributed by atoms with E-state index in [0.29, 0.717) is 29.6 Å². The van der Waals surface area contributed by atoms with Gasteiger partial charge in [-0.2, -0.15) is 0 Å². The third kappa shape index (κ3) is 4.47. The number of methoxy groups -OCH3 is 1. The molecule has 0 atom stereocenters. The van der Waals surface area contributed by atoms with Crippen molar-refractivity contribution in [2.24, 2.45) is 0 Å².